The fourth-order valence-electron chi connectivity index (χ4n) is 2.37. The summed E-state index contributed by atoms with van der Waals surface area (Å²) >= 11 is 0. The van der Waals surface area contributed by atoms with Gasteiger partial charge in [0, 0.05) is 24.7 Å². The fourth-order valence-corrected chi connectivity index (χ4v) is 2.37. The summed E-state index contributed by atoms with van der Waals surface area (Å²) < 4.78 is 7.04. The first-order valence-electron chi connectivity index (χ1n) is 7.45. The Morgan fingerprint density at radius 1 is 1.28 bits per heavy atom. The van der Waals surface area contributed by atoms with Crippen LogP contribution < -0.4 is 0 Å². The van der Waals surface area contributed by atoms with Crippen molar-refractivity contribution >= 4 is 11.7 Å². The molecule has 0 N–H and O–H groups in total. The van der Waals surface area contributed by atoms with Crippen LogP contribution >= 0.6 is 0 Å². The molecule has 0 spiro atoms. The molecule has 2 heterocycles. The summed E-state index contributed by atoms with van der Waals surface area (Å²) in [4.78, 5) is 31.1. The van der Waals surface area contributed by atoms with Gasteiger partial charge in [0.15, 0.2) is 0 Å². The molecule has 126 valence electrons. The lowest BCUT2D eigenvalue weighted by Gasteiger charge is -2.14. The van der Waals surface area contributed by atoms with Crippen LogP contribution in [0.5, 0.6) is 0 Å². The number of nitro groups is 1. The number of hydrogen-bond acceptors (Lipinski definition) is 6. The second-order valence-corrected chi connectivity index (χ2v) is 5.24. The Hall–Kier alpha value is -3.55. The van der Waals surface area contributed by atoms with Crippen molar-refractivity contribution in [3.8, 4) is 5.82 Å². The fraction of sp³-hybridized carbons (Fsp3) is 0.118. The van der Waals surface area contributed by atoms with E-state index < -0.39 is 17.0 Å². The van der Waals surface area contributed by atoms with Crippen LogP contribution in [0.25, 0.3) is 5.82 Å². The molecule has 0 fully saturated rings. The topological polar surface area (TPSA) is 100 Å². The van der Waals surface area contributed by atoms with Crippen LogP contribution in [0.15, 0.2) is 61.3 Å². The number of nitrogens with zero attached hydrogens (tertiary/aromatic N) is 4. The van der Waals surface area contributed by atoms with Gasteiger partial charge in [0.25, 0.3) is 5.69 Å². The van der Waals surface area contributed by atoms with E-state index in [0.717, 1.165) is 0 Å². The van der Waals surface area contributed by atoms with Gasteiger partial charge in [-0.3, -0.25) is 14.7 Å². The molecule has 0 saturated heterocycles. The Kier molecular flexibility index (Phi) is 4.51. The molecule has 0 amide bonds. The van der Waals surface area contributed by atoms with Crippen molar-refractivity contribution in [2.75, 3.05) is 0 Å². The molecule has 0 saturated carbocycles. The maximum absolute atomic E-state index is 12.4. The van der Waals surface area contributed by atoms with Crippen molar-refractivity contribution in [1.82, 2.24) is 14.5 Å². The van der Waals surface area contributed by atoms with Crippen LogP contribution in [0.4, 0.5) is 5.69 Å². The Balaban J connectivity index is 1.81. The maximum atomic E-state index is 12.4. The smallest absolute Gasteiger partial charge is 0.338 e. The van der Waals surface area contributed by atoms with E-state index in [4.69, 9.17) is 4.74 Å². The number of imidazole rings is 1. The van der Waals surface area contributed by atoms with Gasteiger partial charge >= 0.3 is 5.97 Å². The molecule has 8 nitrogen and oxygen atoms in total. The van der Waals surface area contributed by atoms with Gasteiger partial charge in [-0.15, -0.1) is 0 Å². The summed E-state index contributed by atoms with van der Waals surface area (Å²) in [5.41, 5.74) is 0.547. The second-order valence-electron chi connectivity index (χ2n) is 5.24. The van der Waals surface area contributed by atoms with Crippen molar-refractivity contribution < 1.29 is 14.5 Å². The zero-order valence-corrected chi connectivity index (χ0v) is 13.3. The summed E-state index contributed by atoms with van der Waals surface area (Å²) in [6.45, 7) is 1.60. The van der Waals surface area contributed by atoms with Gasteiger partial charge in [0.2, 0.25) is 0 Å². The molecular formula is C17H14N4O4. The minimum Gasteiger partial charge on any atom is -0.454 e. The Morgan fingerprint density at radius 3 is 2.80 bits per heavy atom. The molecule has 0 unspecified atom stereocenters. The van der Waals surface area contributed by atoms with E-state index in [9.17, 15) is 14.9 Å². The maximum Gasteiger partial charge on any atom is 0.338 e. The highest BCUT2D eigenvalue weighted by Gasteiger charge is 2.22. The Labute approximate surface area is 142 Å². The number of esters is 1. The Morgan fingerprint density at radius 2 is 2.08 bits per heavy atom. The summed E-state index contributed by atoms with van der Waals surface area (Å²) in [6.07, 6.45) is 5.59. The van der Waals surface area contributed by atoms with E-state index in [2.05, 4.69) is 9.97 Å². The molecule has 3 aromatic rings. The lowest BCUT2D eigenvalue weighted by Crippen LogP contribution is -2.11. The molecule has 0 aliphatic heterocycles. The number of ether oxygens (including phenoxy) is 1. The zero-order chi connectivity index (χ0) is 17.8. The van der Waals surface area contributed by atoms with Gasteiger partial charge in [-0.2, -0.15) is 0 Å². The average Bonchev–Trinajstić information content (AvgIpc) is 3.16. The highest BCUT2D eigenvalue weighted by Crippen LogP contribution is 2.27. The molecule has 0 aliphatic rings. The van der Waals surface area contributed by atoms with Crippen molar-refractivity contribution in [2.45, 2.75) is 13.0 Å². The highest BCUT2D eigenvalue weighted by atomic mass is 16.6. The molecule has 0 bridgehead atoms. The predicted octanol–water partition coefficient (Wildman–Crippen LogP) is 3.09. The van der Waals surface area contributed by atoms with Crippen molar-refractivity contribution in [2.24, 2.45) is 0 Å². The van der Waals surface area contributed by atoms with Crippen molar-refractivity contribution in [1.29, 1.82) is 0 Å². The number of benzene rings is 1. The minimum atomic E-state index is -0.765. The summed E-state index contributed by atoms with van der Waals surface area (Å²) in [5, 5.41) is 11.1. The molecule has 25 heavy (non-hydrogen) atoms. The third-order valence-corrected chi connectivity index (χ3v) is 3.61. The van der Waals surface area contributed by atoms with Crippen molar-refractivity contribution in [3.63, 3.8) is 0 Å². The Bertz CT molecular complexity index is 909. The molecule has 1 aromatic carbocycles. The quantitative estimate of drug-likeness (QED) is 0.402. The van der Waals surface area contributed by atoms with Crippen LogP contribution in [-0.2, 0) is 4.74 Å². The number of pyridine rings is 1. The number of carbonyl (C=O) groups is 1. The van der Waals surface area contributed by atoms with Crippen LogP contribution in [0, 0.1) is 10.1 Å². The third kappa shape index (κ3) is 3.52. The van der Waals surface area contributed by atoms with E-state index in [1.54, 1.807) is 54.5 Å². The molecular weight excluding hydrogens is 324 g/mol. The second kappa shape index (κ2) is 6.91. The number of nitro benzene ring substituents is 1. The molecule has 0 radical (unpaired) electrons. The van der Waals surface area contributed by atoms with Gasteiger partial charge in [0.1, 0.15) is 18.2 Å². The molecule has 1 atom stereocenters. The zero-order valence-electron chi connectivity index (χ0n) is 13.3. The van der Waals surface area contributed by atoms with Gasteiger partial charge in [-0.1, -0.05) is 12.1 Å². The third-order valence-electron chi connectivity index (χ3n) is 3.61. The first kappa shape index (κ1) is 16.3. The van der Waals surface area contributed by atoms with Gasteiger partial charge in [0.05, 0.1) is 16.1 Å². The van der Waals surface area contributed by atoms with Gasteiger partial charge < -0.3 is 4.74 Å². The number of rotatable bonds is 5. The average molecular weight is 338 g/mol. The van der Waals surface area contributed by atoms with Gasteiger partial charge in [-0.25, -0.2) is 14.8 Å². The van der Waals surface area contributed by atoms with E-state index in [1.807, 2.05) is 0 Å². The normalized spacial score (nSPS) is 11.7. The van der Waals surface area contributed by atoms with Crippen molar-refractivity contribution in [3.05, 3.63) is 82.6 Å². The summed E-state index contributed by atoms with van der Waals surface area (Å²) in [7, 11) is 0. The first-order chi connectivity index (χ1) is 12.1. The van der Waals surface area contributed by atoms with E-state index in [-0.39, 0.29) is 5.69 Å². The lowest BCUT2D eigenvalue weighted by molar-refractivity contribution is -0.386. The van der Waals surface area contributed by atoms with Crippen LogP contribution in [-0.4, -0.2) is 25.4 Å². The number of hydrogen-bond donors (Lipinski definition) is 0. The number of carbonyl (C=O) groups excluding carboxylic acids is 1. The largest absolute Gasteiger partial charge is 0.454 e. The van der Waals surface area contributed by atoms with E-state index >= 15 is 0 Å². The van der Waals surface area contributed by atoms with E-state index in [1.165, 1.54) is 18.3 Å². The highest BCUT2D eigenvalue weighted by molar-refractivity contribution is 5.90. The van der Waals surface area contributed by atoms with Crippen LogP contribution in [0.3, 0.4) is 0 Å². The van der Waals surface area contributed by atoms with Crippen LogP contribution in [0.1, 0.15) is 28.9 Å². The monoisotopic (exact) mass is 338 g/mol. The van der Waals surface area contributed by atoms with Crippen LogP contribution in [0.2, 0.25) is 0 Å². The molecule has 3 rings (SSSR count). The molecule has 2 aromatic heterocycles. The predicted molar refractivity (Wildman–Crippen MR) is 88.3 cm³/mol. The van der Waals surface area contributed by atoms with Gasteiger partial charge in [-0.05, 0) is 25.1 Å². The minimum absolute atomic E-state index is 0.0865. The number of para-hydroxylation sites is 1. The number of aromatic nitrogens is 3. The summed E-state index contributed by atoms with van der Waals surface area (Å²) in [6, 6.07) is 9.26. The summed E-state index contributed by atoms with van der Waals surface area (Å²) in [5.74, 6) is -0.0697. The molecule has 8 heteroatoms. The standard InChI is InChI=1S/C17H14N4O4/c1-12(14-4-2-3-5-15(14)21(23)24)25-17(22)13-6-7-19-16(10-13)20-9-8-18-11-20/h2-12H,1H3/t12-/m1/s1. The molecule has 0 aliphatic carbocycles. The lowest BCUT2D eigenvalue weighted by atomic mass is 10.1. The SMILES string of the molecule is C[C@@H](OC(=O)c1ccnc(-n2ccnc2)c1)c1ccccc1[N+](=O)[O-]. The van der Waals surface area contributed by atoms with E-state index in [0.29, 0.717) is 16.9 Å². The first-order valence-corrected chi connectivity index (χ1v) is 7.45.